The van der Waals surface area contributed by atoms with E-state index < -0.39 is 12.5 Å². The van der Waals surface area contributed by atoms with Crippen molar-refractivity contribution in [1.82, 2.24) is 10.2 Å². The number of alkyl halides is 2. The van der Waals surface area contributed by atoms with Crippen LogP contribution < -0.4 is 5.32 Å². The lowest BCUT2D eigenvalue weighted by atomic mass is 9.93. The molecule has 1 N–H and O–H groups in total. The predicted octanol–water partition coefficient (Wildman–Crippen LogP) is 1.57. The first kappa shape index (κ1) is 11.9. The number of piperidine rings is 1. The Kier molecular flexibility index (Phi) is 4.26. The van der Waals surface area contributed by atoms with Gasteiger partial charge in [-0.15, -0.1) is 0 Å². The molecule has 1 saturated heterocycles. The van der Waals surface area contributed by atoms with Crippen molar-refractivity contribution >= 4 is 0 Å². The summed E-state index contributed by atoms with van der Waals surface area (Å²) < 4.78 is 24.6. The summed E-state index contributed by atoms with van der Waals surface area (Å²) in [6.45, 7) is 5.66. The molecule has 1 heterocycles. The van der Waals surface area contributed by atoms with Gasteiger partial charge >= 0.3 is 0 Å². The van der Waals surface area contributed by atoms with Gasteiger partial charge < -0.3 is 10.2 Å². The third kappa shape index (κ3) is 3.17. The van der Waals surface area contributed by atoms with Crippen molar-refractivity contribution in [3.05, 3.63) is 0 Å². The first-order chi connectivity index (χ1) is 6.50. The quantitative estimate of drug-likeness (QED) is 0.754. The van der Waals surface area contributed by atoms with E-state index in [1.54, 1.807) is 6.92 Å². The minimum Gasteiger partial charge on any atom is -0.306 e. The van der Waals surface area contributed by atoms with Crippen LogP contribution in [0.1, 0.15) is 20.3 Å². The van der Waals surface area contributed by atoms with E-state index >= 15 is 0 Å². The Balaban J connectivity index is 2.37. The molecule has 0 amide bonds. The largest absolute Gasteiger partial charge is 0.306 e. The molecule has 1 rings (SSSR count). The average molecular weight is 206 g/mol. The van der Waals surface area contributed by atoms with Gasteiger partial charge in [-0.25, -0.2) is 8.78 Å². The number of hydrogen-bond acceptors (Lipinski definition) is 2. The third-order valence-corrected chi connectivity index (χ3v) is 2.96. The van der Waals surface area contributed by atoms with Crippen molar-refractivity contribution in [2.24, 2.45) is 5.92 Å². The van der Waals surface area contributed by atoms with E-state index in [1.807, 2.05) is 0 Å². The molecule has 4 heteroatoms. The van der Waals surface area contributed by atoms with Gasteiger partial charge in [0, 0.05) is 12.6 Å². The van der Waals surface area contributed by atoms with Gasteiger partial charge in [0.15, 0.2) is 0 Å². The summed E-state index contributed by atoms with van der Waals surface area (Å²) in [6, 6.07) is -0.443. The summed E-state index contributed by atoms with van der Waals surface area (Å²) in [5, 5.41) is 3.01. The minimum absolute atomic E-state index is 0.246. The molecule has 3 unspecified atom stereocenters. The van der Waals surface area contributed by atoms with Crippen molar-refractivity contribution < 1.29 is 8.78 Å². The van der Waals surface area contributed by atoms with E-state index in [0.29, 0.717) is 5.92 Å². The molecule has 1 aliphatic heterocycles. The SMILES string of the molecule is CC1CN(C)CCC1NC(C)C(F)F. The summed E-state index contributed by atoms with van der Waals surface area (Å²) in [5.74, 6) is 0.454. The molecule has 0 aliphatic carbocycles. The standard InChI is InChI=1S/C10H20F2N2/c1-7-6-14(3)5-4-9(7)13-8(2)10(11)12/h7-10,13H,4-6H2,1-3H3. The van der Waals surface area contributed by atoms with Crippen LogP contribution in [0.25, 0.3) is 0 Å². The molecule has 1 fully saturated rings. The molecule has 0 aromatic heterocycles. The molecule has 0 aromatic rings. The van der Waals surface area contributed by atoms with Gasteiger partial charge in [-0.3, -0.25) is 0 Å². The Hall–Kier alpha value is -0.220. The van der Waals surface area contributed by atoms with Crippen LogP contribution >= 0.6 is 0 Å². The molecule has 2 nitrogen and oxygen atoms in total. The van der Waals surface area contributed by atoms with E-state index in [-0.39, 0.29) is 6.04 Å². The van der Waals surface area contributed by atoms with E-state index in [9.17, 15) is 8.78 Å². The second-order valence-electron chi connectivity index (χ2n) is 4.42. The molecule has 0 radical (unpaired) electrons. The van der Waals surface area contributed by atoms with Crippen molar-refractivity contribution in [3.63, 3.8) is 0 Å². The Morgan fingerprint density at radius 2 is 2.07 bits per heavy atom. The van der Waals surface area contributed by atoms with Gasteiger partial charge in [0.25, 0.3) is 6.43 Å². The molecular formula is C10H20F2N2. The van der Waals surface area contributed by atoms with Crippen molar-refractivity contribution in [3.8, 4) is 0 Å². The smallest absolute Gasteiger partial charge is 0.253 e. The van der Waals surface area contributed by atoms with Crippen molar-refractivity contribution in [2.45, 2.75) is 38.8 Å². The van der Waals surface area contributed by atoms with Crippen LogP contribution in [0, 0.1) is 5.92 Å². The topological polar surface area (TPSA) is 15.3 Å². The fourth-order valence-corrected chi connectivity index (χ4v) is 2.01. The van der Waals surface area contributed by atoms with Gasteiger partial charge in [-0.05, 0) is 32.9 Å². The number of halogens is 2. The van der Waals surface area contributed by atoms with Crippen LogP contribution in [0.4, 0.5) is 8.78 Å². The van der Waals surface area contributed by atoms with E-state index in [2.05, 4.69) is 24.2 Å². The first-order valence-corrected chi connectivity index (χ1v) is 5.23. The van der Waals surface area contributed by atoms with Crippen LogP contribution in [0.15, 0.2) is 0 Å². The van der Waals surface area contributed by atoms with E-state index in [0.717, 1.165) is 19.5 Å². The predicted molar refractivity (Wildman–Crippen MR) is 53.7 cm³/mol. The third-order valence-electron chi connectivity index (χ3n) is 2.96. The van der Waals surface area contributed by atoms with Gasteiger partial charge in [0.05, 0.1) is 6.04 Å². The highest BCUT2D eigenvalue weighted by atomic mass is 19.3. The first-order valence-electron chi connectivity index (χ1n) is 5.23. The zero-order valence-corrected chi connectivity index (χ0v) is 9.13. The highest BCUT2D eigenvalue weighted by Gasteiger charge is 2.27. The zero-order chi connectivity index (χ0) is 10.7. The number of nitrogens with one attached hydrogen (secondary N) is 1. The Labute approximate surface area is 84.7 Å². The number of rotatable bonds is 3. The summed E-state index contributed by atoms with van der Waals surface area (Å²) in [4.78, 5) is 2.25. The molecule has 1 aliphatic rings. The zero-order valence-electron chi connectivity index (χ0n) is 9.13. The number of nitrogens with zero attached hydrogens (tertiary/aromatic N) is 1. The van der Waals surface area contributed by atoms with Crippen LogP contribution in [0.2, 0.25) is 0 Å². The number of likely N-dealkylation sites (tertiary alicyclic amines) is 1. The lowest BCUT2D eigenvalue weighted by molar-refractivity contribution is 0.0817. The van der Waals surface area contributed by atoms with Crippen molar-refractivity contribution in [1.29, 1.82) is 0 Å². The van der Waals surface area contributed by atoms with Crippen LogP contribution in [-0.2, 0) is 0 Å². The Bertz CT molecular complexity index is 176. The lowest BCUT2D eigenvalue weighted by Crippen LogP contribution is -2.51. The molecule has 0 saturated carbocycles. The second-order valence-corrected chi connectivity index (χ2v) is 4.42. The van der Waals surface area contributed by atoms with E-state index in [1.165, 1.54) is 0 Å². The van der Waals surface area contributed by atoms with Gasteiger partial charge in [0.2, 0.25) is 0 Å². The number of hydrogen-bond donors (Lipinski definition) is 1. The fraction of sp³-hybridized carbons (Fsp3) is 1.00. The average Bonchev–Trinajstić information content (AvgIpc) is 2.09. The summed E-state index contributed by atoms with van der Waals surface area (Å²) in [6.07, 6.45) is -1.30. The maximum atomic E-state index is 12.3. The van der Waals surface area contributed by atoms with Crippen molar-refractivity contribution in [2.75, 3.05) is 20.1 Å². The minimum atomic E-state index is -2.26. The maximum absolute atomic E-state index is 12.3. The van der Waals surface area contributed by atoms with Gasteiger partial charge in [0.1, 0.15) is 0 Å². The van der Waals surface area contributed by atoms with Crippen LogP contribution in [-0.4, -0.2) is 43.5 Å². The Morgan fingerprint density at radius 3 is 2.57 bits per heavy atom. The molecule has 14 heavy (non-hydrogen) atoms. The highest BCUT2D eigenvalue weighted by molar-refractivity contribution is 4.83. The maximum Gasteiger partial charge on any atom is 0.253 e. The molecule has 3 atom stereocenters. The lowest BCUT2D eigenvalue weighted by Gasteiger charge is -2.36. The Morgan fingerprint density at radius 1 is 1.43 bits per heavy atom. The normalized spacial score (nSPS) is 32.1. The van der Waals surface area contributed by atoms with Crippen LogP contribution in [0.3, 0.4) is 0 Å². The molecular weight excluding hydrogens is 186 g/mol. The second kappa shape index (κ2) is 5.03. The fourth-order valence-electron chi connectivity index (χ4n) is 2.01. The summed E-state index contributed by atoms with van der Waals surface area (Å²) in [7, 11) is 2.07. The van der Waals surface area contributed by atoms with Gasteiger partial charge in [-0.2, -0.15) is 0 Å². The van der Waals surface area contributed by atoms with Gasteiger partial charge in [-0.1, -0.05) is 6.92 Å². The van der Waals surface area contributed by atoms with E-state index in [4.69, 9.17) is 0 Å². The molecule has 0 aromatic carbocycles. The molecule has 0 spiro atoms. The highest BCUT2D eigenvalue weighted by Crippen LogP contribution is 2.16. The molecule has 0 bridgehead atoms. The van der Waals surface area contributed by atoms with Crippen LogP contribution in [0.5, 0.6) is 0 Å². The monoisotopic (exact) mass is 206 g/mol. The molecule has 84 valence electrons. The summed E-state index contributed by atoms with van der Waals surface area (Å²) >= 11 is 0. The summed E-state index contributed by atoms with van der Waals surface area (Å²) in [5.41, 5.74) is 0.